The molecule has 0 nitrogen and oxygen atoms in total. The first-order chi connectivity index (χ1) is 42.1. The van der Waals surface area contributed by atoms with E-state index >= 15 is 0 Å². The Morgan fingerprint density at radius 1 is 0.224 bits per heavy atom. The van der Waals surface area contributed by atoms with Gasteiger partial charge in [0.05, 0.1) is 0 Å². The third kappa shape index (κ3) is 31.9. The quantitative estimate of drug-likeness (QED) is 0.0340. The highest BCUT2D eigenvalue weighted by atomic mass is 32.1. The van der Waals surface area contributed by atoms with Gasteiger partial charge in [-0.15, -0.1) is 56.7 Å². The van der Waals surface area contributed by atoms with Gasteiger partial charge in [-0.3, -0.25) is 0 Å². The minimum Gasteiger partial charge on any atom is -0.143 e. The van der Waals surface area contributed by atoms with Crippen molar-refractivity contribution in [3.05, 3.63) is 68.9 Å². The fourth-order valence-electron chi connectivity index (χ4n) is 13.2. The summed E-state index contributed by atoms with van der Waals surface area (Å²) in [5, 5.41) is 4.94. The summed E-state index contributed by atoms with van der Waals surface area (Å²) in [5.41, 5.74) is 8.11. The third-order valence-corrected chi connectivity index (χ3v) is 24.9. The monoisotopic (exact) mass is 1250 g/mol. The molecule has 0 N–H and O–H groups in total. The Labute approximate surface area is 548 Å². The lowest BCUT2D eigenvalue weighted by atomic mass is 10.0. The van der Waals surface area contributed by atoms with Crippen molar-refractivity contribution in [1.82, 2.24) is 0 Å². The molecule has 5 heteroatoms. The van der Waals surface area contributed by atoms with Gasteiger partial charge in [-0.1, -0.05) is 324 Å². The SMILES string of the molecule is CCCCCCCCCCCCc1csc(-c2sc(-c3sc(-c4sc(-c5sccc5CCCCCCCCCCCC)cc4CCCCCCCCCCCC)cc3CCCCCCCCCCCC)cc2CCCCCCCCCCCC)c1. The van der Waals surface area contributed by atoms with E-state index in [9.17, 15) is 0 Å². The Morgan fingerprint density at radius 2 is 0.471 bits per heavy atom. The highest BCUT2D eigenvalue weighted by Gasteiger charge is 2.23. The van der Waals surface area contributed by atoms with Crippen LogP contribution in [-0.2, 0) is 32.1 Å². The smallest absolute Gasteiger partial charge is 0.0481 e. The van der Waals surface area contributed by atoms with Gasteiger partial charge < -0.3 is 0 Å². The van der Waals surface area contributed by atoms with Crippen molar-refractivity contribution in [2.45, 2.75) is 388 Å². The van der Waals surface area contributed by atoms with Crippen LogP contribution in [0.25, 0.3) is 39.0 Å². The molecule has 85 heavy (non-hydrogen) atoms. The summed E-state index contributed by atoms with van der Waals surface area (Å²) in [4.78, 5) is 12.6. The number of thiophene rings is 5. The molecule has 0 atom stereocenters. The molecular formula is C80H132S5. The van der Waals surface area contributed by atoms with Crippen LogP contribution in [0.15, 0.2) is 41.1 Å². The molecule has 0 spiro atoms. The Morgan fingerprint density at radius 3 is 0.776 bits per heavy atom. The second kappa shape index (κ2) is 50.2. The topological polar surface area (TPSA) is 0 Å². The molecule has 0 unspecified atom stereocenters. The van der Waals surface area contributed by atoms with Gasteiger partial charge in [0.25, 0.3) is 0 Å². The molecule has 0 radical (unpaired) electrons. The van der Waals surface area contributed by atoms with E-state index in [2.05, 4.69) is 110 Å². The molecule has 0 saturated carbocycles. The average molecular weight is 1250 g/mol. The lowest BCUT2D eigenvalue weighted by Crippen LogP contribution is -1.88. The van der Waals surface area contributed by atoms with Crippen LogP contribution in [0.1, 0.15) is 383 Å². The van der Waals surface area contributed by atoms with Crippen LogP contribution in [0.3, 0.4) is 0 Å². The summed E-state index contributed by atoms with van der Waals surface area (Å²) in [6.07, 6.45) is 76.2. The minimum atomic E-state index is 1.21. The van der Waals surface area contributed by atoms with E-state index in [0.29, 0.717) is 0 Å². The standard InChI is InChI=1S/C80H132S5/c1-6-11-16-21-26-31-36-41-46-51-56-68-63-73(82-67-68)78-70(58-53-48-43-38-33-28-23-18-13-8-3)65-75(84-78)80-72(60-55-50-45-40-35-30-25-20-15-10-5)66-76(85-80)79-71(59-54-49-44-39-34-29-24-19-14-9-4)64-74(83-79)77-69(61-62-81-77)57-52-47-42-37-32-27-22-17-12-7-2/h61-67H,6-60H2,1-5H3. The fraction of sp³-hybridized carbons (Fsp3) is 0.750. The number of hydrogen-bond acceptors (Lipinski definition) is 5. The van der Waals surface area contributed by atoms with Crippen LogP contribution < -0.4 is 0 Å². The summed E-state index contributed by atoms with van der Waals surface area (Å²) in [6, 6.07) is 13.3. The Balaban J connectivity index is 1.39. The predicted molar refractivity (Wildman–Crippen MR) is 395 cm³/mol. The van der Waals surface area contributed by atoms with Crippen molar-refractivity contribution in [3.63, 3.8) is 0 Å². The predicted octanol–water partition coefficient (Wildman–Crippen LogP) is 31.0. The third-order valence-electron chi connectivity index (χ3n) is 18.7. The van der Waals surface area contributed by atoms with Crippen molar-refractivity contribution in [1.29, 1.82) is 0 Å². The van der Waals surface area contributed by atoms with E-state index in [0.717, 1.165) is 0 Å². The second-order valence-corrected chi connectivity index (χ2v) is 31.6. The number of hydrogen-bond donors (Lipinski definition) is 0. The summed E-state index contributed by atoms with van der Waals surface area (Å²) in [6.45, 7) is 11.7. The van der Waals surface area contributed by atoms with Crippen LogP contribution in [0, 0.1) is 0 Å². The summed E-state index contributed by atoms with van der Waals surface area (Å²) < 4.78 is 0. The Kier molecular flexibility index (Phi) is 43.8. The van der Waals surface area contributed by atoms with Gasteiger partial charge in [0, 0.05) is 39.0 Å². The van der Waals surface area contributed by atoms with Crippen molar-refractivity contribution in [2.24, 2.45) is 0 Å². The molecule has 5 heterocycles. The lowest BCUT2D eigenvalue weighted by molar-refractivity contribution is 0.556. The van der Waals surface area contributed by atoms with Crippen LogP contribution >= 0.6 is 56.7 Å². The maximum Gasteiger partial charge on any atom is 0.0481 e. The van der Waals surface area contributed by atoms with Crippen molar-refractivity contribution in [2.75, 3.05) is 0 Å². The van der Waals surface area contributed by atoms with Gasteiger partial charge in [0.2, 0.25) is 0 Å². The first-order valence-electron chi connectivity index (χ1n) is 37.6. The first-order valence-corrected chi connectivity index (χ1v) is 41.8. The van der Waals surface area contributed by atoms with E-state index in [-0.39, 0.29) is 0 Å². The molecule has 0 bridgehead atoms. The Bertz CT molecular complexity index is 2290. The highest BCUT2D eigenvalue weighted by Crippen LogP contribution is 2.50. The molecule has 0 amide bonds. The van der Waals surface area contributed by atoms with Crippen LogP contribution in [0.2, 0.25) is 0 Å². The van der Waals surface area contributed by atoms with E-state index in [1.54, 1.807) is 66.8 Å². The molecule has 0 aliphatic rings. The zero-order chi connectivity index (χ0) is 59.9. The zero-order valence-electron chi connectivity index (χ0n) is 56.5. The van der Waals surface area contributed by atoms with Crippen LogP contribution in [0.4, 0.5) is 0 Å². The van der Waals surface area contributed by atoms with E-state index in [1.807, 2.05) is 22.7 Å². The van der Waals surface area contributed by atoms with Gasteiger partial charge >= 0.3 is 0 Å². The molecule has 5 aromatic rings. The van der Waals surface area contributed by atoms with Gasteiger partial charge in [-0.2, -0.15) is 0 Å². The zero-order valence-corrected chi connectivity index (χ0v) is 60.6. The van der Waals surface area contributed by atoms with E-state index in [1.165, 1.54) is 353 Å². The van der Waals surface area contributed by atoms with Crippen molar-refractivity contribution in [3.8, 4) is 39.0 Å². The number of rotatable bonds is 59. The second-order valence-electron chi connectivity index (χ2n) is 26.6. The fourth-order valence-corrected chi connectivity index (χ4v) is 19.3. The first kappa shape index (κ1) is 74.2. The number of aryl methyl sites for hydroxylation is 5. The van der Waals surface area contributed by atoms with E-state index < -0.39 is 0 Å². The largest absolute Gasteiger partial charge is 0.143 e. The van der Waals surface area contributed by atoms with Gasteiger partial charge in [-0.25, -0.2) is 0 Å². The summed E-state index contributed by atoms with van der Waals surface area (Å²) >= 11 is 10.6. The molecule has 0 aromatic carbocycles. The molecule has 5 rings (SSSR count). The normalized spacial score (nSPS) is 11.8. The maximum atomic E-state index is 2.74. The van der Waals surface area contributed by atoms with Gasteiger partial charge in [0.15, 0.2) is 0 Å². The summed E-state index contributed by atoms with van der Waals surface area (Å²) in [5.74, 6) is 0. The van der Waals surface area contributed by atoms with Crippen LogP contribution in [0.5, 0.6) is 0 Å². The molecule has 0 saturated heterocycles. The van der Waals surface area contributed by atoms with Crippen molar-refractivity contribution >= 4 is 56.7 Å². The molecule has 0 aliphatic heterocycles. The minimum absolute atomic E-state index is 1.21. The van der Waals surface area contributed by atoms with Crippen LogP contribution in [-0.4, -0.2) is 0 Å². The van der Waals surface area contributed by atoms with Gasteiger partial charge in [0.1, 0.15) is 0 Å². The van der Waals surface area contributed by atoms with Gasteiger partial charge in [-0.05, 0) is 133 Å². The molecule has 482 valence electrons. The molecule has 0 fully saturated rings. The maximum absolute atomic E-state index is 2.74. The molecule has 5 aromatic heterocycles. The molecule has 0 aliphatic carbocycles. The Hall–Kier alpha value is -1.50. The lowest BCUT2D eigenvalue weighted by Gasteiger charge is -2.04. The summed E-state index contributed by atoms with van der Waals surface area (Å²) in [7, 11) is 0. The van der Waals surface area contributed by atoms with E-state index in [4.69, 9.17) is 0 Å². The average Bonchev–Trinajstić information content (AvgIpc) is 4.14. The van der Waals surface area contributed by atoms with Crippen molar-refractivity contribution < 1.29 is 0 Å². The number of unbranched alkanes of at least 4 members (excludes halogenated alkanes) is 45. The molecular weight excluding hydrogens is 1120 g/mol. The highest BCUT2D eigenvalue weighted by molar-refractivity contribution is 7.29.